The Kier molecular flexibility index (Phi) is 6.22. The topological polar surface area (TPSA) is 56.1 Å². The van der Waals surface area contributed by atoms with Crippen molar-refractivity contribution in [3.63, 3.8) is 0 Å². The number of amides is 1. The highest BCUT2D eigenvalue weighted by Crippen LogP contribution is 2.23. The standard InChI is InChI=1S/C19H25N3O/c1-3-15-9-8-10-16(4-2)18(15)21-14-17(13-20)19(23)22-11-6-5-7-12-22/h8-10,14,21H,3-7,11-12H2,1-2H3/b17-14-. The maximum atomic E-state index is 12.5. The number of hydrogen-bond donors (Lipinski definition) is 1. The maximum absolute atomic E-state index is 12.5. The lowest BCUT2D eigenvalue weighted by Crippen LogP contribution is -2.36. The van der Waals surface area contributed by atoms with E-state index in [-0.39, 0.29) is 11.5 Å². The van der Waals surface area contributed by atoms with Crippen molar-refractivity contribution in [3.05, 3.63) is 41.1 Å². The highest BCUT2D eigenvalue weighted by Gasteiger charge is 2.20. The normalized spacial score (nSPS) is 15.2. The van der Waals surface area contributed by atoms with Crippen LogP contribution < -0.4 is 5.32 Å². The number of para-hydroxylation sites is 1. The summed E-state index contributed by atoms with van der Waals surface area (Å²) in [4.78, 5) is 14.2. The zero-order valence-electron chi connectivity index (χ0n) is 14.1. The van der Waals surface area contributed by atoms with Crippen LogP contribution in [0.15, 0.2) is 30.0 Å². The number of nitrogens with one attached hydrogen (secondary N) is 1. The maximum Gasteiger partial charge on any atom is 0.266 e. The average Bonchev–Trinajstić information content (AvgIpc) is 2.62. The van der Waals surface area contributed by atoms with E-state index in [0.29, 0.717) is 0 Å². The molecule has 1 saturated heterocycles. The molecular weight excluding hydrogens is 286 g/mol. The van der Waals surface area contributed by atoms with E-state index >= 15 is 0 Å². The molecule has 0 spiro atoms. The summed E-state index contributed by atoms with van der Waals surface area (Å²) in [7, 11) is 0. The van der Waals surface area contributed by atoms with Crippen molar-refractivity contribution in [1.82, 2.24) is 4.90 Å². The van der Waals surface area contributed by atoms with Crippen LogP contribution in [0.4, 0.5) is 5.69 Å². The Balaban J connectivity index is 2.20. The van der Waals surface area contributed by atoms with Gasteiger partial charge in [-0.05, 0) is 43.2 Å². The van der Waals surface area contributed by atoms with E-state index in [2.05, 4.69) is 43.4 Å². The average molecular weight is 311 g/mol. The molecule has 0 radical (unpaired) electrons. The highest BCUT2D eigenvalue weighted by atomic mass is 16.2. The number of nitrogens with zero attached hydrogens (tertiary/aromatic N) is 2. The van der Waals surface area contributed by atoms with Gasteiger partial charge in [0.1, 0.15) is 11.6 Å². The molecule has 1 aromatic rings. The zero-order chi connectivity index (χ0) is 16.7. The summed E-state index contributed by atoms with van der Waals surface area (Å²) in [5, 5.41) is 12.6. The number of aryl methyl sites for hydroxylation is 2. The molecular formula is C19H25N3O. The summed E-state index contributed by atoms with van der Waals surface area (Å²) in [6.07, 6.45) is 6.60. The number of anilines is 1. The number of likely N-dealkylation sites (tertiary alicyclic amines) is 1. The lowest BCUT2D eigenvalue weighted by molar-refractivity contribution is -0.127. The molecule has 2 rings (SSSR count). The van der Waals surface area contributed by atoms with Crippen LogP contribution in [0, 0.1) is 11.3 Å². The molecule has 1 fully saturated rings. The number of nitriles is 1. The number of carbonyl (C=O) groups excluding carboxylic acids is 1. The van der Waals surface area contributed by atoms with E-state index in [1.165, 1.54) is 11.1 Å². The fourth-order valence-corrected chi connectivity index (χ4v) is 2.98. The largest absolute Gasteiger partial charge is 0.360 e. The van der Waals surface area contributed by atoms with Crippen molar-refractivity contribution in [2.24, 2.45) is 0 Å². The first kappa shape index (κ1) is 17.1. The first-order valence-electron chi connectivity index (χ1n) is 8.48. The molecule has 0 aromatic heterocycles. The number of carbonyl (C=O) groups is 1. The molecule has 23 heavy (non-hydrogen) atoms. The zero-order valence-corrected chi connectivity index (χ0v) is 14.1. The predicted octanol–water partition coefficient (Wildman–Crippen LogP) is 3.64. The molecule has 4 nitrogen and oxygen atoms in total. The Morgan fingerprint density at radius 3 is 2.35 bits per heavy atom. The van der Waals surface area contributed by atoms with Gasteiger partial charge in [-0.15, -0.1) is 0 Å². The van der Waals surface area contributed by atoms with Gasteiger partial charge in [0.2, 0.25) is 0 Å². The Bertz CT molecular complexity index is 600. The van der Waals surface area contributed by atoms with Crippen LogP contribution in [0.1, 0.15) is 44.2 Å². The molecule has 1 amide bonds. The number of benzene rings is 1. The molecule has 0 unspecified atom stereocenters. The van der Waals surface area contributed by atoms with Crippen LogP contribution >= 0.6 is 0 Å². The Labute approximate surface area is 138 Å². The fraction of sp³-hybridized carbons (Fsp3) is 0.474. The van der Waals surface area contributed by atoms with Crippen molar-refractivity contribution in [2.75, 3.05) is 18.4 Å². The van der Waals surface area contributed by atoms with Gasteiger partial charge in [0, 0.05) is 25.0 Å². The number of hydrogen-bond acceptors (Lipinski definition) is 3. The third-order valence-corrected chi connectivity index (χ3v) is 4.35. The Morgan fingerprint density at radius 1 is 1.22 bits per heavy atom. The van der Waals surface area contributed by atoms with Crippen molar-refractivity contribution in [3.8, 4) is 6.07 Å². The second-order valence-electron chi connectivity index (χ2n) is 5.83. The lowest BCUT2D eigenvalue weighted by atomic mass is 10.0. The van der Waals surface area contributed by atoms with Crippen molar-refractivity contribution >= 4 is 11.6 Å². The second-order valence-corrected chi connectivity index (χ2v) is 5.83. The molecule has 0 saturated carbocycles. The molecule has 1 N–H and O–H groups in total. The van der Waals surface area contributed by atoms with Gasteiger partial charge >= 0.3 is 0 Å². The number of rotatable bonds is 5. The lowest BCUT2D eigenvalue weighted by Gasteiger charge is -2.26. The SMILES string of the molecule is CCc1cccc(CC)c1N/C=C(/C#N)C(=O)N1CCCCC1. The van der Waals surface area contributed by atoms with Crippen LogP contribution in [0.2, 0.25) is 0 Å². The van der Waals surface area contributed by atoms with E-state index in [9.17, 15) is 10.1 Å². The molecule has 1 heterocycles. The predicted molar refractivity (Wildman–Crippen MR) is 92.9 cm³/mol. The summed E-state index contributed by atoms with van der Waals surface area (Å²) < 4.78 is 0. The van der Waals surface area contributed by atoms with Crippen molar-refractivity contribution in [1.29, 1.82) is 5.26 Å². The third-order valence-electron chi connectivity index (χ3n) is 4.35. The monoisotopic (exact) mass is 311 g/mol. The highest BCUT2D eigenvalue weighted by molar-refractivity contribution is 5.97. The van der Waals surface area contributed by atoms with Gasteiger partial charge in [-0.2, -0.15) is 5.26 Å². The smallest absolute Gasteiger partial charge is 0.266 e. The summed E-state index contributed by atoms with van der Waals surface area (Å²) >= 11 is 0. The van der Waals surface area contributed by atoms with Gasteiger partial charge in [0.15, 0.2) is 0 Å². The number of piperidine rings is 1. The van der Waals surface area contributed by atoms with E-state index in [1.807, 2.05) is 0 Å². The first-order chi connectivity index (χ1) is 11.2. The minimum atomic E-state index is -0.160. The fourth-order valence-electron chi connectivity index (χ4n) is 2.98. The Hall–Kier alpha value is -2.28. The summed E-state index contributed by atoms with van der Waals surface area (Å²) in [6.45, 7) is 5.72. The minimum absolute atomic E-state index is 0.160. The molecule has 0 bridgehead atoms. The second kappa shape index (κ2) is 8.38. The van der Waals surface area contributed by atoms with E-state index in [0.717, 1.165) is 50.9 Å². The molecule has 1 aromatic carbocycles. The molecule has 1 aliphatic heterocycles. The summed E-state index contributed by atoms with van der Waals surface area (Å²) in [5.74, 6) is -0.160. The summed E-state index contributed by atoms with van der Waals surface area (Å²) in [6, 6.07) is 8.26. The molecule has 4 heteroatoms. The van der Waals surface area contributed by atoms with Gasteiger partial charge in [-0.25, -0.2) is 0 Å². The van der Waals surface area contributed by atoms with Gasteiger partial charge in [0.25, 0.3) is 5.91 Å². The van der Waals surface area contributed by atoms with Crippen LogP contribution in [0.5, 0.6) is 0 Å². The quantitative estimate of drug-likeness (QED) is 0.667. The van der Waals surface area contributed by atoms with Gasteiger partial charge in [0.05, 0.1) is 0 Å². The van der Waals surface area contributed by atoms with Gasteiger partial charge in [-0.1, -0.05) is 32.0 Å². The van der Waals surface area contributed by atoms with Crippen LogP contribution in [-0.4, -0.2) is 23.9 Å². The molecule has 122 valence electrons. The van der Waals surface area contributed by atoms with Crippen LogP contribution in [0.3, 0.4) is 0 Å². The summed E-state index contributed by atoms with van der Waals surface area (Å²) in [5.41, 5.74) is 3.60. The molecule has 1 aliphatic rings. The van der Waals surface area contributed by atoms with E-state index in [4.69, 9.17) is 0 Å². The molecule has 0 aliphatic carbocycles. The van der Waals surface area contributed by atoms with E-state index < -0.39 is 0 Å². The molecule has 0 atom stereocenters. The Morgan fingerprint density at radius 2 is 1.83 bits per heavy atom. The van der Waals surface area contributed by atoms with Gasteiger partial charge in [-0.3, -0.25) is 4.79 Å². The first-order valence-corrected chi connectivity index (χ1v) is 8.48. The van der Waals surface area contributed by atoms with Crippen LogP contribution in [0.25, 0.3) is 0 Å². The minimum Gasteiger partial charge on any atom is -0.360 e. The van der Waals surface area contributed by atoms with Gasteiger partial charge < -0.3 is 10.2 Å². The van der Waals surface area contributed by atoms with Crippen molar-refractivity contribution < 1.29 is 4.79 Å². The van der Waals surface area contributed by atoms with Crippen LogP contribution in [-0.2, 0) is 17.6 Å². The van der Waals surface area contributed by atoms with Crippen molar-refractivity contribution in [2.45, 2.75) is 46.0 Å². The van der Waals surface area contributed by atoms with E-state index in [1.54, 1.807) is 11.1 Å². The third kappa shape index (κ3) is 4.13.